The largest absolute Gasteiger partial charge is 0.507 e. The van der Waals surface area contributed by atoms with Gasteiger partial charge in [-0.1, -0.05) is 12.1 Å². The molecule has 0 saturated carbocycles. The minimum absolute atomic E-state index is 0.0984. The van der Waals surface area contributed by atoms with Crippen LogP contribution in [0.5, 0.6) is 5.75 Å². The normalized spacial score (nSPS) is 29.2. The standard InChI is InChI=1S/C15H20N2O2/c1-10-3-2-4-12(14(10)18)15(19)16-13-9-17-7-5-11(13)6-8-17/h2-4,11,13,18H,5-9H2,1H3,(H,16,19). The topological polar surface area (TPSA) is 52.6 Å². The molecule has 0 spiro atoms. The zero-order valence-corrected chi connectivity index (χ0v) is 11.2. The minimum atomic E-state index is -0.153. The fourth-order valence-corrected chi connectivity index (χ4v) is 3.22. The van der Waals surface area contributed by atoms with Crippen molar-refractivity contribution < 1.29 is 9.90 Å². The Hall–Kier alpha value is -1.55. The third-order valence-corrected chi connectivity index (χ3v) is 4.46. The number of amides is 1. The molecule has 3 heterocycles. The SMILES string of the molecule is Cc1cccc(C(=O)NC2CN3CCC2CC3)c1O. The van der Waals surface area contributed by atoms with E-state index in [4.69, 9.17) is 0 Å². The molecule has 4 nitrogen and oxygen atoms in total. The summed E-state index contributed by atoms with van der Waals surface area (Å²) in [5.41, 5.74) is 1.12. The lowest BCUT2D eigenvalue weighted by Gasteiger charge is -2.44. The van der Waals surface area contributed by atoms with Gasteiger partial charge in [-0.15, -0.1) is 0 Å². The van der Waals surface area contributed by atoms with Crippen molar-refractivity contribution in [2.24, 2.45) is 5.92 Å². The minimum Gasteiger partial charge on any atom is -0.507 e. The lowest BCUT2D eigenvalue weighted by Crippen LogP contribution is -2.57. The summed E-state index contributed by atoms with van der Waals surface area (Å²) in [6.07, 6.45) is 2.34. The van der Waals surface area contributed by atoms with Crippen molar-refractivity contribution in [3.8, 4) is 5.75 Å². The smallest absolute Gasteiger partial charge is 0.255 e. The first-order chi connectivity index (χ1) is 9.15. The van der Waals surface area contributed by atoms with E-state index in [2.05, 4.69) is 10.2 Å². The van der Waals surface area contributed by atoms with Crippen molar-refractivity contribution in [3.63, 3.8) is 0 Å². The first-order valence-corrected chi connectivity index (χ1v) is 6.97. The Morgan fingerprint density at radius 3 is 2.74 bits per heavy atom. The van der Waals surface area contributed by atoms with Gasteiger partial charge in [0.05, 0.1) is 5.56 Å². The number of carbonyl (C=O) groups excluding carboxylic acids is 1. The molecule has 2 N–H and O–H groups in total. The zero-order valence-electron chi connectivity index (χ0n) is 11.2. The Morgan fingerprint density at radius 1 is 1.37 bits per heavy atom. The lowest BCUT2D eigenvalue weighted by atomic mass is 9.84. The number of aromatic hydroxyl groups is 1. The molecule has 102 valence electrons. The van der Waals surface area contributed by atoms with Crippen molar-refractivity contribution in [1.29, 1.82) is 0 Å². The number of carbonyl (C=O) groups is 1. The second-order valence-electron chi connectivity index (χ2n) is 5.69. The van der Waals surface area contributed by atoms with Crippen LogP contribution in [0.1, 0.15) is 28.8 Å². The summed E-state index contributed by atoms with van der Waals surface area (Å²) in [6.45, 7) is 5.07. The number of hydrogen-bond acceptors (Lipinski definition) is 3. The molecular formula is C15H20N2O2. The highest BCUT2D eigenvalue weighted by Crippen LogP contribution is 2.28. The number of hydrogen-bond donors (Lipinski definition) is 2. The molecule has 3 aliphatic rings. The predicted octanol–water partition coefficient (Wildman–Crippen LogP) is 1.52. The number of phenolic OH excluding ortho intramolecular Hbond substituents is 1. The third-order valence-electron chi connectivity index (χ3n) is 4.46. The molecule has 3 fully saturated rings. The Balaban J connectivity index is 1.73. The summed E-state index contributed by atoms with van der Waals surface area (Å²) >= 11 is 0. The van der Waals surface area contributed by atoms with Crippen LogP contribution < -0.4 is 5.32 Å². The Labute approximate surface area is 113 Å². The molecule has 1 amide bonds. The van der Waals surface area contributed by atoms with Crippen LogP contribution in [0.2, 0.25) is 0 Å². The summed E-state index contributed by atoms with van der Waals surface area (Å²) in [4.78, 5) is 14.7. The lowest BCUT2D eigenvalue weighted by molar-refractivity contribution is 0.0619. The van der Waals surface area contributed by atoms with Crippen LogP contribution >= 0.6 is 0 Å². The maximum Gasteiger partial charge on any atom is 0.255 e. The highest BCUT2D eigenvalue weighted by Gasteiger charge is 2.35. The van der Waals surface area contributed by atoms with E-state index in [1.54, 1.807) is 25.1 Å². The van der Waals surface area contributed by atoms with Crippen molar-refractivity contribution in [2.75, 3.05) is 19.6 Å². The Kier molecular flexibility index (Phi) is 3.19. The second kappa shape index (κ2) is 4.85. The molecule has 1 aromatic rings. The second-order valence-corrected chi connectivity index (χ2v) is 5.69. The van der Waals surface area contributed by atoms with Crippen LogP contribution in [0.3, 0.4) is 0 Å². The number of nitrogens with one attached hydrogen (secondary N) is 1. The summed E-state index contributed by atoms with van der Waals surface area (Å²) < 4.78 is 0. The quantitative estimate of drug-likeness (QED) is 0.848. The average molecular weight is 260 g/mol. The third kappa shape index (κ3) is 2.32. The van der Waals surface area contributed by atoms with E-state index in [9.17, 15) is 9.90 Å². The molecule has 0 aromatic heterocycles. The Bertz CT molecular complexity index is 493. The average Bonchev–Trinajstić information content (AvgIpc) is 2.43. The number of piperidine rings is 3. The number of benzene rings is 1. The van der Waals surface area contributed by atoms with Gasteiger partial charge in [-0.2, -0.15) is 0 Å². The highest BCUT2D eigenvalue weighted by molar-refractivity contribution is 5.97. The summed E-state index contributed by atoms with van der Waals surface area (Å²) in [7, 11) is 0. The van der Waals surface area contributed by atoms with Gasteiger partial charge in [0.15, 0.2) is 0 Å². The highest BCUT2D eigenvalue weighted by atomic mass is 16.3. The molecule has 4 rings (SSSR count). The molecule has 2 bridgehead atoms. The van der Waals surface area contributed by atoms with Gasteiger partial charge in [0.25, 0.3) is 5.91 Å². The summed E-state index contributed by atoms with van der Waals surface area (Å²) in [5.74, 6) is 0.544. The molecule has 0 aliphatic carbocycles. The van der Waals surface area contributed by atoms with Gasteiger partial charge in [-0.3, -0.25) is 4.79 Å². The number of para-hydroxylation sites is 1. The zero-order chi connectivity index (χ0) is 13.4. The molecule has 1 atom stereocenters. The van der Waals surface area contributed by atoms with Gasteiger partial charge in [0, 0.05) is 12.6 Å². The van der Waals surface area contributed by atoms with Gasteiger partial charge in [0.1, 0.15) is 5.75 Å². The van der Waals surface area contributed by atoms with Crippen molar-refractivity contribution >= 4 is 5.91 Å². The van der Waals surface area contributed by atoms with Crippen LogP contribution in [0.4, 0.5) is 0 Å². The number of nitrogens with zero attached hydrogens (tertiary/aromatic N) is 1. The Morgan fingerprint density at radius 2 is 2.11 bits per heavy atom. The van der Waals surface area contributed by atoms with Gasteiger partial charge in [-0.25, -0.2) is 0 Å². The van der Waals surface area contributed by atoms with Crippen molar-refractivity contribution in [1.82, 2.24) is 10.2 Å². The van der Waals surface area contributed by atoms with Crippen LogP contribution in [0.15, 0.2) is 18.2 Å². The maximum absolute atomic E-state index is 12.3. The van der Waals surface area contributed by atoms with Gasteiger partial charge >= 0.3 is 0 Å². The van der Waals surface area contributed by atoms with Gasteiger partial charge in [0.2, 0.25) is 0 Å². The van der Waals surface area contributed by atoms with Crippen LogP contribution in [0, 0.1) is 12.8 Å². The molecule has 1 unspecified atom stereocenters. The van der Waals surface area contributed by atoms with Gasteiger partial charge in [-0.05, 0) is 50.4 Å². The first kappa shape index (κ1) is 12.5. The number of fused-ring (bicyclic) bond motifs is 3. The van der Waals surface area contributed by atoms with E-state index in [0.717, 1.165) is 25.2 Å². The van der Waals surface area contributed by atoms with Crippen molar-refractivity contribution in [3.05, 3.63) is 29.3 Å². The fourth-order valence-electron chi connectivity index (χ4n) is 3.22. The van der Waals surface area contributed by atoms with Crippen LogP contribution in [0.25, 0.3) is 0 Å². The van der Waals surface area contributed by atoms with E-state index in [1.807, 2.05) is 0 Å². The molecule has 1 aromatic carbocycles. The van der Waals surface area contributed by atoms with Crippen LogP contribution in [-0.2, 0) is 0 Å². The summed E-state index contributed by atoms with van der Waals surface area (Å²) in [5, 5.41) is 13.1. The number of phenols is 1. The van der Waals surface area contributed by atoms with E-state index < -0.39 is 0 Å². The van der Waals surface area contributed by atoms with Gasteiger partial charge < -0.3 is 15.3 Å². The molecule has 4 heteroatoms. The molecule has 19 heavy (non-hydrogen) atoms. The molecular weight excluding hydrogens is 240 g/mol. The van der Waals surface area contributed by atoms with Crippen LogP contribution in [-0.4, -0.2) is 41.6 Å². The predicted molar refractivity (Wildman–Crippen MR) is 73.3 cm³/mol. The van der Waals surface area contributed by atoms with E-state index in [1.165, 1.54) is 12.8 Å². The molecule has 0 radical (unpaired) electrons. The monoisotopic (exact) mass is 260 g/mol. The van der Waals surface area contributed by atoms with E-state index >= 15 is 0 Å². The maximum atomic E-state index is 12.3. The van der Waals surface area contributed by atoms with E-state index in [-0.39, 0.29) is 17.7 Å². The number of rotatable bonds is 2. The first-order valence-electron chi connectivity index (χ1n) is 6.97. The fraction of sp³-hybridized carbons (Fsp3) is 0.533. The molecule has 3 saturated heterocycles. The summed E-state index contributed by atoms with van der Waals surface area (Å²) in [6, 6.07) is 5.52. The number of aryl methyl sites for hydroxylation is 1. The molecule has 3 aliphatic heterocycles. The van der Waals surface area contributed by atoms with Crippen molar-refractivity contribution in [2.45, 2.75) is 25.8 Å². The van der Waals surface area contributed by atoms with E-state index in [0.29, 0.717) is 11.5 Å².